The molecule has 0 N–H and O–H groups in total. The molecule has 2 rings (SSSR count). The van der Waals surface area contributed by atoms with Gasteiger partial charge in [0.15, 0.2) is 0 Å². The topological polar surface area (TPSA) is 29.5 Å². The Hall–Kier alpha value is -1.51. The smallest absolute Gasteiger partial charge is 0.257 e. The number of hydrogen-bond acceptors (Lipinski definition) is 2. The highest BCUT2D eigenvalue weighted by molar-refractivity contribution is 5.97. The second-order valence-electron chi connectivity index (χ2n) is 4.54. The fourth-order valence-corrected chi connectivity index (χ4v) is 2.38. The van der Waals surface area contributed by atoms with Crippen molar-refractivity contribution in [2.45, 2.75) is 32.2 Å². The Morgan fingerprint density at radius 2 is 2.12 bits per heavy atom. The van der Waals surface area contributed by atoms with Gasteiger partial charge < -0.3 is 9.64 Å². The van der Waals surface area contributed by atoms with Gasteiger partial charge in [0.05, 0.1) is 12.7 Å². The van der Waals surface area contributed by atoms with Gasteiger partial charge in [0.2, 0.25) is 0 Å². The fourth-order valence-electron chi connectivity index (χ4n) is 2.38. The maximum Gasteiger partial charge on any atom is 0.257 e. The number of likely N-dealkylation sites (tertiary alicyclic amines) is 1. The molecule has 3 heteroatoms. The molecule has 1 heterocycles. The summed E-state index contributed by atoms with van der Waals surface area (Å²) in [6.07, 6.45) is 3.42. The zero-order valence-corrected chi connectivity index (χ0v) is 10.5. The van der Waals surface area contributed by atoms with E-state index in [4.69, 9.17) is 4.74 Å². The molecule has 3 nitrogen and oxygen atoms in total. The van der Waals surface area contributed by atoms with Crippen LogP contribution in [0.4, 0.5) is 0 Å². The highest BCUT2D eigenvalue weighted by Crippen LogP contribution is 2.24. The van der Waals surface area contributed by atoms with Crippen molar-refractivity contribution in [3.8, 4) is 5.75 Å². The number of carbonyl (C=O) groups excluding carboxylic acids is 1. The van der Waals surface area contributed by atoms with Crippen LogP contribution in [-0.4, -0.2) is 30.5 Å². The molecule has 1 amide bonds. The Morgan fingerprint density at radius 1 is 1.35 bits per heavy atom. The monoisotopic (exact) mass is 233 g/mol. The van der Waals surface area contributed by atoms with E-state index >= 15 is 0 Å². The molecule has 0 bridgehead atoms. The predicted molar refractivity (Wildman–Crippen MR) is 67.3 cm³/mol. The summed E-state index contributed by atoms with van der Waals surface area (Å²) in [7, 11) is 1.60. The number of ether oxygens (including phenoxy) is 1. The van der Waals surface area contributed by atoms with E-state index in [-0.39, 0.29) is 5.91 Å². The number of piperidine rings is 1. The van der Waals surface area contributed by atoms with Crippen molar-refractivity contribution < 1.29 is 9.53 Å². The third-order valence-corrected chi connectivity index (χ3v) is 3.40. The molecule has 0 unspecified atom stereocenters. The van der Waals surface area contributed by atoms with Crippen LogP contribution in [0, 0.1) is 0 Å². The number of para-hydroxylation sites is 1. The van der Waals surface area contributed by atoms with Gasteiger partial charge in [-0.15, -0.1) is 0 Å². The second kappa shape index (κ2) is 5.21. The standard InChI is InChI=1S/C14H19NO2/c1-11-7-5-6-10-15(11)14(16)12-8-3-4-9-13(12)17-2/h3-4,8-9,11H,5-7,10H2,1-2H3/t11-/m1/s1. The van der Waals surface area contributed by atoms with Gasteiger partial charge in [0.1, 0.15) is 5.75 Å². The van der Waals surface area contributed by atoms with Crippen molar-refractivity contribution in [2.75, 3.05) is 13.7 Å². The van der Waals surface area contributed by atoms with Crippen LogP contribution in [-0.2, 0) is 0 Å². The van der Waals surface area contributed by atoms with E-state index in [0.29, 0.717) is 17.4 Å². The lowest BCUT2D eigenvalue weighted by Gasteiger charge is -2.33. The average molecular weight is 233 g/mol. The summed E-state index contributed by atoms with van der Waals surface area (Å²) >= 11 is 0. The molecule has 17 heavy (non-hydrogen) atoms. The van der Waals surface area contributed by atoms with Gasteiger partial charge in [-0.05, 0) is 38.3 Å². The van der Waals surface area contributed by atoms with Gasteiger partial charge in [-0.1, -0.05) is 12.1 Å². The van der Waals surface area contributed by atoms with E-state index in [9.17, 15) is 4.79 Å². The number of hydrogen-bond donors (Lipinski definition) is 0. The SMILES string of the molecule is COc1ccccc1C(=O)N1CCCC[C@H]1C. The number of rotatable bonds is 2. The Balaban J connectivity index is 2.23. The van der Waals surface area contributed by atoms with Crippen molar-refractivity contribution in [3.05, 3.63) is 29.8 Å². The molecule has 0 saturated carbocycles. The van der Waals surface area contributed by atoms with Crippen molar-refractivity contribution in [1.29, 1.82) is 0 Å². The summed E-state index contributed by atoms with van der Waals surface area (Å²) in [6.45, 7) is 2.98. The summed E-state index contributed by atoms with van der Waals surface area (Å²) < 4.78 is 5.25. The first-order chi connectivity index (χ1) is 8.24. The first kappa shape index (κ1) is 12.0. The third kappa shape index (κ3) is 2.43. The largest absolute Gasteiger partial charge is 0.496 e. The van der Waals surface area contributed by atoms with Crippen LogP contribution in [0.2, 0.25) is 0 Å². The number of nitrogens with zero attached hydrogens (tertiary/aromatic N) is 1. The average Bonchev–Trinajstić information content (AvgIpc) is 2.38. The number of amides is 1. The van der Waals surface area contributed by atoms with Gasteiger partial charge in [0.25, 0.3) is 5.91 Å². The molecule has 0 radical (unpaired) electrons. The number of benzene rings is 1. The zero-order chi connectivity index (χ0) is 12.3. The lowest BCUT2D eigenvalue weighted by molar-refractivity contribution is 0.0632. The highest BCUT2D eigenvalue weighted by Gasteiger charge is 2.25. The molecule has 1 aromatic carbocycles. The summed E-state index contributed by atoms with van der Waals surface area (Å²) in [5.41, 5.74) is 0.670. The van der Waals surface area contributed by atoms with Gasteiger partial charge in [-0.25, -0.2) is 0 Å². The molecule has 1 aliphatic heterocycles. The third-order valence-electron chi connectivity index (χ3n) is 3.40. The molecule has 0 aromatic heterocycles. The summed E-state index contributed by atoms with van der Waals surface area (Å²) in [6, 6.07) is 7.77. The molecule has 0 spiro atoms. The molecule has 1 aliphatic rings. The van der Waals surface area contributed by atoms with Crippen LogP contribution in [0.3, 0.4) is 0 Å². The summed E-state index contributed by atoms with van der Waals surface area (Å²) in [4.78, 5) is 14.4. The molecule has 92 valence electrons. The van der Waals surface area contributed by atoms with Gasteiger partial charge in [0, 0.05) is 12.6 Å². The Morgan fingerprint density at radius 3 is 2.82 bits per heavy atom. The summed E-state index contributed by atoms with van der Waals surface area (Å²) in [5.74, 6) is 0.755. The van der Waals surface area contributed by atoms with Crippen LogP contribution in [0.5, 0.6) is 5.75 Å². The summed E-state index contributed by atoms with van der Waals surface area (Å²) in [5, 5.41) is 0. The minimum Gasteiger partial charge on any atom is -0.496 e. The van der Waals surface area contributed by atoms with Crippen LogP contribution < -0.4 is 4.74 Å². The Kier molecular flexibility index (Phi) is 3.67. The first-order valence-electron chi connectivity index (χ1n) is 6.18. The maximum atomic E-state index is 12.4. The van der Waals surface area contributed by atoms with Crippen LogP contribution in [0.15, 0.2) is 24.3 Å². The number of carbonyl (C=O) groups is 1. The molecular weight excluding hydrogens is 214 g/mol. The first-order valence-corrected chi connectivity index (χ1v) is 6.18. The normalized spacial score (nSPS) is 20.1. The zero-order valence-electron chi connectivity index (χ0n) is 10.5. The van der Waals surface area contributed by atoms with Crippen molar-refractivity contribution in [1.82, 2.24) is 4.90 Å². The van der Waals surface area contributed by atoms with Crippen LogP contribution >= 0.6 is 0 Å². The lowest BCUT2D eigenvalue weighted by Crippen LogP contribution is -2.42. The van der Waals surface area contributed by atoms with E-state index < -0.39 is 0 Å². The van der Waals surface area contributed by atoms with Gasteiger partial charge in [-0.3, -0.25) is 4.79 Å². The molecular formula is C14H19NO2. The number of methoxy groups -OCH3 is 1. The maximum absolute atomic E-state index is 12.4. The molecule has 1 saturated heterocycles. The van der Waals surface area contributed by atoms with E-state index in [1.807, 2.05) is 29.2 Å². The second-order valence-corrected chi connectivity index (χ2v) is 4.54. The molecule has 0 aliphatic carbocycles. The van der Waals surface area contributed by atoms with E-state index in [2.05, 4.69) is 6.92 Å². The van der Waals surface area contributed by atoms with E-state index in [1.54, 1.807) is 7.11 Å². The van der Waals surface area contributed by atoms with E-state index in [1.165, 1.54) is 6.42 Å². The van der Waals surface area contributed by atoms with Crippen molar-refractivity contribution >= 4 is 5.91 Å². The fraction of sp³-hybridized carbons (Fsp3) is 0.500. The van der Waals surface area contributed by atoms with E-state index in [0.717, 1.165) is 19.4 Å². The predicted octanol–water partition coefficient (Wildman–Crippen LogP) is 2.71. The van der Waals surface area contributed by atoms with Crippen LogP contribution in [0.25, 0.3) is 0 Å². The molecule has 1 fully saturated rings. The van der Waals surface area contributed by atoms with Crippen molar-refractivity contribution in [3.63, 3.8) is 0 Å². The molecule has 1 aromatic rings. The van der Waals surface area contributed by atoms with Crippen LogP contribution in [0.1, 0.15) is 36.5 Å². The lowest BCUT2D eigenvalue weighted by atomic mass is 10.0. The quantitative estimate of drug-likeness (QED) is 0.786. The Labute approximate surface area is 102 Å². The van der Waals surface area contributed by atoms with Gasteiger partial charge >= 0.3 is 0 Å². The van der Waals surface area contributed by atoms with Gasteiger partial charge in [-0.2, -0.15) is 0 Å². The minimum atomic E-state index is 0.0923. The highest BCUT2D eigenvalue weighted by atomic mass is 16.5. The van der Waals surface area contributed by atoms with Crippen molar-refractivity contribution in [2.24, 2.45) is 0 Å². The molecule has 1 atom stereocenters. The minimum absolute atomic E-state index is 0.0923. The Bertz CT molecular complexity index is 403.